The minimum atomic E-state index is -0.255. The number of benzene rings is 1. The molecule has 0 saturated carbocycles. The van der Waals surface area contributed by atoms with Crippen molar-refractivity contribution in [3.8, 4) is 0 Å². The van der Waals surface area contributed by atoms with Crippen LogP contribution in [-0.4, -0.2) is 12.6 Å². The van der Waals surface area contributed by atoms with E-state index in [0.29, 0.717) is 12.2 Å². The van der Waals surface area contributed by atoms with Crippen LogP contribution >= 0.6 is 0 Å². The Balaban J connectivity index is 2.22. The van der Waals surface area contributed by atoms with Crippen LogP contribution in [0.15, 0.2) is 42.5 Å². The predicted molar refractivity (Wildman–Crippen MR) is 69.8 cm³/mol. The molecule has 92 valence electrons. The van der Waals surface area contributed by atoms with Gasteiger partial charge in [-0.15, -0.1) is 0 Å². The number of unbranched alkanes of at least 4 members (excludes halogenated alkanes) is 1. The van der Waals surface area contributed by atoms with Crippen molar-refractivity contribution in [3.63, 3.8) is 0 Å². The predicted octanol–water partition coefficient (Wildman–Crippen LogP) is 3.52. The summed E-state index contributed by atoms with van der Waals surface area (Å²) in [5.74, 6) is -0.255. The van der Waals surface area contributed by atoms with E-state index in [2.05, 4.69) is 13.5 Å². The molecule has 0 atom stereocenters. The smallest absolute Gasteiger partial charge is 0.333 e. The van der Waals surface area contributed by atoms with Gasteiger partial charge in [0, 0.05) is 12.0 Å². The maximum Gasteiger partial charge on any atom is 0.333 e. The third-order valence-corrected chi connectivity index (χ3v) is 2.59. The van der Waals surface area contributed by atoms with Gasteiger partial charge in [0.2, 0.25) is 0 Å². The van der Waals surface area contributed by atoms with Crippen molar-refractivity contribution >= 4 is 5.97 Å². The fourth-order valence-corrected chi connectivity index (χ4v) is 1.50. The van der Waals surface area contributed by atoms with Crippen LogP contribution in [0.4, 0.5) is 0 Å². The van der Waals surface area contributed by atoms with Gasteiger partial charge in [-0.2, -0.15) is 0 Å². The van der Waals surface area contributed by atoms with Crippen molar-refractivity contribution in [1.82, 2.24) is 0 Å². The number of carbonyl (C=O) groups is 1. The van der Waals surface area contributed by atoms with E-state index < -0.39 is 0 Å². The first-order valence-electron chi connectivity index (χ1n) is 6.13. The second-order valence-electron chi connectivity index (χ2n) is 4.08. The lowest BCUT2D eigenvalue weighted by molar-refractivity contribution is -0.139. The van der Waals surface area contributed by atoms with Gasteiger partial charge in [-0.1, -0.05) is 50.3 Å². The first kappa shape index (κ1) is 13.5. The van der Waals surface area contributed by atoms with E-state index in [4.69, 9.17) is 4.74 Å². The van der Waals surface area contributed by atoms with Crippen LogP contribution in [0.25, 0.3) is 0 Å². The number of ether oxygens (including phenoxy) is 1. The number of hydrogen-bond donors (Lipinski definition) is 0. The third kappa shape index (κ3) is 5.34. The largest absolute Gasteiger partial charge is 0.462 e. The first-order valence-corrected chi connectivity index (χ1v) is 6.13. The highest BCUT2D eigenvalue weighted by Crippen LogP contribution is 2.07. The first-order chi connectivity index (χ1) is 8.24. The molecule has 1 aromatic carbocycles. The lowest BCUT2D eigenvalue weighted by atomic mass is 10.1. The lowest BCUT2D eigenvalue weighted by Crippen LogP contribution is -2.09. The minimum absolute atomic E-state index is 0.255. The average molecular weight is 232 g/mol. The molecule has 2 nitrogen and oxygen atoms in total. The van der Waals surface area contributed by atoms with Crippen molar-refractivity contribution in [2.45, 2.75) is 32.6 Å². The number of rotatable bonds is 7. The maximum atomic E-state index is 11.5. The number of hydrogen-bond acceptors (Lipinski definition) is 2. The summed E-state index contributed by atoms with van der Waals surface area (Å²) in [5.41, 5.74) is 1.76. The van der Waals surface area contributed by atoms with Gasteiger partial charge in [-0.3, -0.25) is 0 Å². The molecule has 0 bridgehead atoms. The van der Waals surface area contributed by atoms with Crippen LogP contribution in [0.3, 0.4) is 0 Å². The normalized spacial score (nSPS) is 9.94. The number of carbonyl (C=O) groups excluding carboxylic acids is 1. The summed E-state index contributed by atoms with van der Waals surface area (Å²) < 4.78 is 5.17. The Kier molecular flexibility index (Phi) is 6.08. The standard InChI is InChI=1S/C15H20O2/c1-3-4-8-13(2)15(16)17-12-11-14-9-6-5-7-10-14/h5-7,9-10H,2-4,8,11-12H2,1H3. The molecule has 1 aromatic rings. The molecule has 0 fully saturated rings. The summed E-state index contributed by atoms with van der Waals surface area (Å²) in [7, 11) is 0. The van der Waals surface area contributed by atoms with E-state index in [0.717, 1.165) is 25.7 Å². The van der Waals surface area contributed by atoms with Crippen LogP contribution in [0.1, 0.15) is 31.7 Å². The van der Waals surface area contributed by atoms with Gasteiger partial charge in [0.15, 0.2) is 0 Å². The molecule has 2 heteroatoms. The average Bonchev–Trinajstić information content (AvgIpc) is 2.37. The summed E-state index contributed by atoms with van der Waals surface area (Å²) >= 11 is 0. The van der Waals surface area contributed by atoms with E-state index in [1.165, 1.54) is 5.56 Å². The quantitative estimate of drug-likeness (QED) is 0.531. The zero-order chi connectivity index (χ0) is 12.5. The molecular weight excluding hydrogens is 212 g/mol. The molecule has 0 N–H and O–H groups in total. The van der Waals surface area contributed by atoms with E-state index >= 15 is 0 Å². The summed E-state index contributed by atoms with van der Waals surface area (Å²) in [4.78, 5) is 11.5. The van der Waals surface area contributed by atoms with Crippen LogP contribution in [-0.2, 0) is 16.0 Å². The van der Waals surface area contributed by atoms with E-state index in [1.807, 2.05) is 30.3 Å². The van der Waals surface area contributed by atoms with E-state index in [9.17, 15) is 4.79 Å². The second kappa shape index (κ2) is 7.66. The Hall–Kier alpha value is -1.57. The molecule has 0 spiro atoms. The highest BCUT2D eigenvalue weighted by atomic mass is 16.5. The van der Waals surface area contributed by atoms with E-state index in [-0.39, 0.29) is 5.97 Å². The fraction of sp³-hybridized carbons (Fsp3) is 0.400. The van der Waals surface area contributed by atoms with Crippen molar-refractivity contribution in [3.05, 3.63) is 48.0 Å². The van der Waals surface area contributed by atoms with Gasteiger partial charge >= 0.3 is 5.97 Å². The van der Waals surface area contributed by atoms with Gasteiger partial charge in [0.1, 0.15) is 0 Å². The molecule has 1 rings (SSSR count). The Morgan fingerprint density at radius 3 is 2.65 bits per heavy atom. The molecule has 0 radical (unpaired) electrons. The van der Waals surface area contributed by atoms with Crippen molar-refractivity contribution < 1.29 is 9.53 Å². The minimum Gasteiger partial charge on any atom is -0.462 e. The second-order valence-corrected chi connectivity index (χ2v) is 4.08. The molecule has 0 aromatic heterocycles. The molecule has 0 heterocycles. The van der Waals surface area contributed by atoms with Crippen LogP contribution in [0.5, 0.6) is 0 Å². The molecule has 0 aliphatic heterocycles. The monoisotopic (exact) mass is 232 g/mol. The molecule has 0 aliphatic carbocycles. The highest BCUT2D eigenvalue weighted by Gasteiger charge is 2.07. The third-order valence-electron chi connectivity index (χ3n) is 2.59. The Labute approximate surface area is 103 Å². The van der Waals surface area contributed by atoms with E-state index in [1.54, 1.807) is 0 Å². The Bertz CT molecular complexity index is 354. The molecule has 0 saturated heterocycles. The molecule has 0 amide bonds. The SMILES string of the molecule is C=C(CCCC)C(=O)OCCc1ccccc1. The van der Waals surface area contributed by atoms with Gasteiger partial charge in [-0.05, 0) is 18.4 Å². The lowest BCUT2D eigenvalue weighted by Gasteiger charge is -2.06. The van der Waals surface area contributed by atoms with Crippen LogP contribution in [0, 0.1) is 0 Å². The summed E-state index contributed by atoms with van der Waals surface area (Å²) in [6, 6.07) is 10.00. The highest BCUT2D eigenvalue weighted by molar-refractivity contribution is 5.87. The summed E-state index contributed by atoms with van der Waals surface area (Å²) in [6.45, 7) is 6.26. The zero-order valence-electron chi connectivity index (χ0n) is 10.4. The summed E-state index contributed by atoms with van der Waals surface area (Å²) in [6.07, 6.45) is 3.55. The topological polar surface area (TPSA) is 26.3 Å². The molecule has 17 heavy (non-hydrogen) atoms. The van der Waals surface area contributed by atoms with Gasteiger partial charge in [0.25, 0.3) is 0 Å². The van der Waals surface area contributed by atoms with Gasteiger partial charge in [0.05, 0.1) is 6.61 Å². The summed E-state index contributed by atoms with van der Waals surface area (Å²) in [5, 5.41) is 0. The Morgan fingerprint density at radius 2 is 2.00 bits per heavy atom. The van der Waals surface area contributed by atoms with Gasteiger partial charge in [-0.25, -0.2) is 4.79 Å². The van der Waals surface area contributed by atoms with Crippen LogP contribution in [0.2, 0.25) is 0 Å². The van der Waals surface area contributed by atoms with Gasteiger partial charge < -0.3 is 4.74 Å². The van der Waals surface area contributed by atoms with Crippen LogP contribution < -0.4 is 0 Å². The number of esters is 1. The molecule has 0 aliphatic rings. The van der Waals surface area contributed by atoms with Crippen molar-refractivity contribution in [2.75, 3.05) is 6.61 Å². The Morgan fingerprint density at radius 1 is 1.29 bits per heavy atom. The molecule has 0 unspecified atom stereocenters. The fourth-order valence-electron chi connectivity index (χ4n) is 1.50. The maximum absolute atomic E-state index is 11.5. The van der Waals surface area contributed by atoms with Crippen molar-refractivity contribution in [2.24, 2.45) is 0 Å². The molecular formula is C15H20O2. The van der Waals surface area contributed by atoms with Crippen molar-refractivity contribution in [1.29, 1.82) is 0 Å². The zero-order valence-corrected chi connectivity index (χ0v) is 10.4.